The Balaban J connectivity index is 1.95. The molecular formula is C14H11Br2N3O. The van der Waals surface area contributed by atoms with E-state index in [4.69, 9.17) is 5.73 Å². The van der Waals surface area contributed by atoms with Crippen LogP contribution in [0.1, 0.15) is 5.56 Å². The van der Waals surface area contributed by atoms with Crippen molar-refractivity contribution in [3.8, 4) is 0 Å². The Hall–Kier alpha value is -1.53. The van der Waals surface area contributed by atoms with Crippen molar-refractivity contribution in [1.82, 2.24) is 0 Å². The number of amides is 1. The third kappa shape index (κ3) is 2.53. The molecule has 1 aliphatic rings. The van der Waals surface area contributed by atoms with Gasteiger partial charge in [0.25, 0.3) is 0 Å². The van der Waals surface area contributed by atoms with Crippen LogP contribution in [-0.4, -0.2) is 5.91 Å². The lowest BCUT2D eigenvalue weighted by Gasteiger charge is -2.13. The standard InChI is InChI=1S/C14H11Br2N3O/c15-8-1-2-11(9(16)5-8)18-13-6-12-7(3-10(13)17)4-14(20)19-12/h1-3,5-6,18H,4,17H2,(H,19,20). The summed E-state index contributed by atoms with van der Waals surface area (Å²) in [6.45, 7) is 0. The number of hydrogen-bond acceptors (Lipinski definition) is 3. The van der Waals surface area contributed by atoms with Gasteiger partial charge in [0, 0.05) is 14.6 Å². The first kappa shape index (κ1) is 13.5. The zero-order chi connectivity index (χ0) is 14.3. The van der Waals surface area contributed by atoms with Crippen LogP contribution in [0.4, 0.5) is 22.7 Å². The van der Waals surface area contributed by atoms with Crippen molar-refractivity contribution in [2.45, 2.75) is 6.42 Å². The van der Waals surface area contributed by atoms with Crippen LogP contribution in [0.15, 0.2) is 39.3 Å². The lowest BCUT2D eigenvalue weighted by molar-refractivity contribution is -0.115. The predicted molar refractivity (Wildman–Crippen MR) is 88.3 cm³/mol. The molecule has 0 bridgehead atoms. The summed E-state index contributed by atoms with van der Waals surface area (Å²) < 4.78 is 1.92. The van der Waals surface area contributed by atoms with E-state index < -0.39 is 0 Å². The van der Waals surface area contributed by atoms with E-state index in [1.54, 1.807) is 0 Å². The Morgan fingerprint density at radius 3 is 2.70 bits per heavy atom. The van der Waals surface area contributed by atoms with E-state index in [-0.39, 0.29) is 5.91 Å². The molecule has 6 heteroatoms. The zero-order valence-electron chi connectivity index (χ0n) is 10.3. The summed E-state index contributed by atoms with van der Waals surface area (Å²) in [5.74, 6) is 0.00127. The maximum atomic E-state index is 11.4. The van der Waals surface area contributed by atoms with E-state index in [1.807, 2.05) is 30.3 Å². The largest absolute Gasteiger partial charge is 0.397 e. The van der Waals surface area contributed by atoms with Gasteiger partial charge in [-0.05, 0) is 51.8 Å². The fourth-order valence-corrected chi connectivity index (χ4v) is 3.28. The van der Waals surface area contributed by atoms with E-state index in [0.717, 1.165) is 31.6 Å². The van der Waals surface area contributed by atoms with Crippen molar-refractivity contribution in [1.29, 1.82) is 0 Å². The normalized spacial score (nSPS) is 13.0. The Morgan fingerprint density at radius 2 is 1.95 bits per heavy atom. The molecule has 20 heavy (non-hydrogen) atoms. The molecule has 0 atom stereocenters. The third-order valence-electron chi connectivity index (χ3n) is 3.10. The van der Waals surface area contributed by atoms with Crippen molar-refractivity contribution in [2.24, 2.45) is 0 Å². The second kappa shape index (κ2) is 5.10. The molecule has 0 fully saturated rings. The molecule has 1 amide bonds. The molecule has 0 radical (unpaired) electrons. The third-order valence-corrected chi connectivity index (χ3v) is 4.25. The second-order valence-electron chi connectivity index (χ2n) is 4.57. The van der Waals surface area contributed by atoms with E-state index in [1.165, 1.54) is 0 Å². The van der Waals surface area contributed by atoms with E-state index in [2.05, 4.69) is 42.5 Å². The number of anilines is 4. The van der Waals surface area contributed by atoms with Crippen molar-refractivity contribution in [3.63, 3.8) is 0 Å². The van der Waals surface area contributed by atoms with Gasteiger partial charge in [-0.3, -0.25) is 4.79 Å². The SMILES string of the molecule is Nc1cc2c(cc1Nc1ccc(Br)cc1Br)NC(=O)C2. The summed E-state index contributed by atoms with van der Waals surface area (Å²) in [4.78, 5) is 11.4. The maximum absolute atomic E-state index is 11.4. The van der Waals surface area contributed by atoms with Gasteiger partial charge >= 0.3 is 0 Å². The van der Waals surface area contributed by atoms with Crippen molar-refractivity contribution in [3.05, 3.63) is 44.8 Å². The van der Waals surface area contributed by atoms with Gasteiger partial charge in [-0.15, -0.1) is 0 Å². The van der Waals surface area contributed by atoms with E-state index in [9.17, 15) is 4.79 Å². The summed E-state index contributed by atoms with van der Waals surface area (Å²) >= 11 is 6.91. The molecule has 2 aromatic rings. The van der Waals surface area contributed by atoms with Crippen LogP contribution in [0.25, 0.3) is 0 Å². The summed E-state index contributed by atoms with van der Waals surface area (Å²) in [6, 6.07) is 9.54. The van der Waals surface area contributed by atoms with Crippen LogP contribution >= 0.6 is 31.9 Å². The number of fused-ring (bicyclic) bond motifs is 1. The molecule has 0 saturated heterocycles. The van der Waals surface area contributed by atoms with Crippen molar-refractivity contribution < 1.29 is 4.79 Å². The second-order valence-corrected chi connectivity index (χ2v) is 6.34. The molecule has 0 unspecified atom stereocenters. The zero-order valence-corrected chi connectivity index (χ0v) is 13.5. The average Bonchev–Trinajstić information content (AvgIpc) is 2.72. The van der Waals surface area contributed by atoms with Gasteiger partial charge in [-0.25, -0.2) is 0 Å². The minimum atomic E-state index is 0.00127. The maximum Gasteiger partial charge on any atom is 0.228 e. The Bertz CT molecular complexity index is 716. The van der Waals surface area contributed by atoms with Crippen LogP contribution in [0.3, 0.4) is 0 Å². The van der Waals surface area contributed by atoms with E-state index >= 15 is 0 Å². The number of benzene rings is 2. The van der Waals surface area contributed by atoms with Gasteiger partial charge in [0.1, 0.15) is 0 Å². The van der Waals surface area contributed by atoms with Gasteiger partial charge in [0.2, 0.25) is 5.91 Å². The van der Waals surface area contributed by atoms with Gasteiger partial charge < -0.3 is 16.4 Å². The van der Waals surface area contributed by atoms with Gasteiger partial charge in [0.05, 0.1) is 23.5 Å². The Kier molecular flexibility index (Phi) is 3.43. The number of halogens is 2. The smallest absolute Gasteiger partial charge is 0.228 e. The highest BCUT2D eigenvalue weighted by atomic mass is 79.9. The molecule has 4 nitrogen and oxygen atoms in total. The summed E-state index contributed by atoms with van der Waals surface area (Å²) in [7, 11) is 0. The molecule has 4 N–H and O–H groups in total. The molecule has 0 saturated carbocycles. The van der Waals surface area contributed by atoms with Crippen molar-refractivity contribution in [2.75, 3.05) is 16.4 Å². The number of carbonyl (C=O) groups is 1. The Labute approximate surface area is 133 Å². The molecule has 0 aliphatic carbocycles. The Morgan fingerprint density at radius 1 is 1.15 bits per heavy atom. The minimum absolute atomic E-state index is 0.00127. The van der Waals surface area contributed by atoms with Gasteiger partial charge in [-0.1, -0.05) is 15.9 Å². The molecule has 3 rings (SSSR count). The predicted octanol–water partition coefficient (Wildman–Crippen LogP) is 4.03. The van der Waals surface area contributed by atoms with Crippen LogP contribution in [0, 0.1) is 0 Å². The molecule has 102 valence electrons. The topological polar surface area (TPSA) is 67.2 Å². The highest BCUT2D eigenvalue weighted by Crippen LogP contribution is 2.35. The fraction of sp³-hybridized carbons (Fsp3) is 0.0714. The van der Waals surface area contributed by atoms with Crippen molar-refractivity contribution >= 4 is 60.5 Å². The number of carbonyl (C=O) groups excluding carboxylic acids is 1. The number of nitrogens with one attached hydrogen (secondary N) is 2. The summed E-state index contributed by atoms with van der Waals surface area (Å²) in [5, 5.41) is 6.09. The highest BCUT2D eigenvalue weighted by Gasteiger charge is 2.19. The van der Waals surface area contributed by atoms with Crippen LogP contribution in [0.5, 0.6) is 0 Å². The monoisotopic (exact) mass is 395 g/mol. The molecule has 1 heterocycles. The van der Waals surface area contributed by atoms with Crippen LogP contribution in [-0.2, 0) is 11.2 Å². The quantitative estimate of drug-likeness (QED) is 0.671. The first-order chi connectivity index (χ1) is 9.52. The average molecular weight is 397 g/mol. The fourth-order valence-electron chi connectivity index (χ4n) is 2.14. The first-order valence-electron chi connectivity index (χ1n) is 5.97. The number of nitrogens with two attached hydrogens (primary N) is 1. The minimum Gasteiger partial charge on any atom is -0.397 e. The number of nitrogen functional groups attached to an aromatic ring is 1. The molecule has 0 spiro atoms. The molecular weight excluding hydrogens is 386 g/mol. The van der Waals surface area contributed by atoms with E-state index in [0.29, 0.717) is 12.1 Å². The van der Waals surface area contributed by atoms with Gasteiger partial charge in [0.15, 0.2) is 0 Å². The summed E-state index contributed by atoms with van der Waals surface area (Å²) in [5.41, 5.74) is 10.1. The molecule has 0 aromatic heterocycles. The highest BCUT2D eigenvalue weighted by molar-refractivity contribution is 9.11. The lowest BCUT2D eigenvalue weighted by Crippen LogP contribution is -2.03. The van der Waals surface area contributed by atoms with Crippen LogP contribution < -0.4 is 16.4 Å². The number of rotatable bonds is 2. The first-order valence-corrected chi connectivity index (χ1v) is 7.56. The summed E-state index contributed by atoms with van der Waals surface area (Å²) in [6.07, 6.45) is 0.391. The number of hydrogen-bond donors (Lipinski definition) is 3. The van der Waals surface area contributed by atoms with Crippen LogP contribution in [0.2, 0.25) is 0 Å². The lowest BCUT2D eigenvalue weighted by atomic mass is 10.1. The van der Waals surface area contributed by atoms with Gasteiger partial charge in [-0.2, -0.15) is 0 Å². The molecule has 2 aromatic carbocycles. The molecule has 1 aliphatic heterocycles.